The SMILES string of the molecule is [C]1=C/C/C=C/C=C\C=C\C=C/CC/1. The Bertz CT molecular complexity index is 249. The molecule has 0 aromatic carbocycles. The molecule has 0 heterocycles. The van der Waals surface area contributed by atoms with Crippen LogP contribution in [0.25, 0.3) is 0 Å². The topological polar surface area (TPSA) is 0 Å². The summed E-state index contributed by atoms with van der Waals surface area (Å²) in [6, 6.07) is 0. The van der Waals surface area contributed by atoms with Gasteiger partial charge in [0.25, 0.3) is 0 Å². The van der Waals surface area contributed by atoms with E-state index in [9.17, 15) is 0 Å². The molecule has 1 aliphatic carbocycles. The van der Waals surface area contributed by atoms with Crippen molar-refractivity contribution in [1.29, 1.82) is 0 Å². The predicted octanol–water partition coefficient (Wildman–Crippen LogP) is 3.75. The number of hydrogen-bond acceptors (Lipinski definition) is 0. The normalized spacial score (nSPS) is 30.2. The largest absolute Gasteiger partial charge is 0.0842 e. The van der Waals surface area contributed by atoms with Gasteiger partial charge in [0.15, 0.2) is 0 Å². The molecular weight excluding hydrogens is 156 g/mol. The first-order valence-electron chi connectivity index (χ1n) is 4.70. The summed E-state index contributed by atoms with van der Waals surface area (Å²) < 4.78 is 0. The van der Waals surface area contributed by atoms with Crippen molar-refractivity contribution in [2.24, 2.45) is 0 Å². The van der Waals surface area contributed by atoms with E-state index in [1.807, 2.05) is 24.3 Å². The average molecular weight is 171 g/mol. The smallest absolute Gasteiger partial charge is 0.0160 e. The lowest BCUT2D eigenvalue weighted by Gasteiger charge is -1.84. The Labute approximate surface area is 80.7 Å². The third-order valence-electron chi connectivity index (χ3n) is 1.68. The Hall–Kier alpha value is -1.30. The van der Waals surface area contributed by atoms with Crippen LogP contribution in [-0.2, 0) is 0 Å². The van der Waals surface area contributed by atoms with E-state index in [-0.39, 0.29) is 0 Å². The maximum absolute atomic E-state index is 3.25. The molecule has 0 fully saturated rings. The lowest BCUT2D eigenvalue weighted by atomic mass is 10.2. The van der Waals surface area contributed by atoms with Crippen molar-refractivity contribution in [3.63, 3.8) is 0 Å². The molecule has 0 bridgehead atoms. The maximum atomic E-state index is 3.25. The Morgan fingerprint density at radius 2 is 1.46 bits per heavy atom. The lowest BCUT2D eigenvalue weighted by Crippen LogP contribution is -1.65. The second-order valence-electron chi connectivity index (χ2n) is 2.81. The van der Waals surface area contributed by atoms with Crippen molar-refractivity contribution in [3.8, 4) is 0 Å². The molecule has 0 saturated heterocycles. The first kappa shape index (κ1) is 9.79. The fourth-order valence-corrected chi connectivity index (χ4v) is 1.01. The van der Waals surface area contributed by atoms with Crippen LogP contribution in [0.1, 0.15) is 19.3 Å². The fraction of sp³-hybridized carbons (Fsp3) is 0.231. The minimum absolute atomic E-state index is 0.984. The van der Waals surface area contributed by atoms with Crippen molar-refractivity contribution in [2.45, 2.75) is 19.3 Å². The molecule has 0 unspecified atom stereocenters. The highest BCUT2D eigenvalue weighted by atomic mass is 13.8. The van der Waals surface area contributed by atoms with Gasteiger partial charge in [0.05, 0.1) is 0 Å². The van der Waals surface area contributed by atoms with E-state index >= 15 is 0 Å². The van der Waals surface area contributed by atoms with E-state index < -0.39 is 0 Å². The summed E-state index contributed by atoms with van der Waals surface area (Å²) in [6.07, 6.45) is 25.0. The molecule has 1 aliphatic rings. The highest BCUT2D eigenvalue weighted by Crippen LogP contribution is 1.96. The van der Waals surface area contributed by atoms with E-state index in [2.05, 4.69) is 36.5 Å². The van der Waals surface area contributed by atoms with Gasteiger partial charge in [-0.3, -0.25) is 0 Å². The van der Waals surface area contributed by atoms with Crippen molar-refractivity contribution >= 4 is 0 Å². The molecule has 0 spiro atoms. The van der Waals surface area contributed by atoms with Crippen molar-refractivity contribution in [3.05, 3.63) is 60.8 Å². The Kier molecular flexibility index (Phi) is 5.54. The summed E-state index contributed by atoms with van der Waals surface area (Å²) in [6.45, 7) is 0. The number of hydrogen-bond donors (Lipinski definition) is 0. The predicted molar refractivity (Wildman–Crippen MR) is 58.2 cm³/mol. The minimum Gasteiger partial charge on any atom is -0.0842 e. The van der Waals surface area contributed by atoms with E-state index in [0.29, 0.717) is 0 Å². The summed E-state index contributed by atoms with van der Waals surface area (Å²) in [5.41, 5.74) is 0. The molecule has 1 radical (unpaired) electrons. The molecule has 1 rings (SSSR count). The van der Waals surface area contributed by atoms with Crippen LogP contribution >= 0.6 is 0 Å². The van der Waals surface area contributed by atoms with Crippen molar-refractivity contribution in [1.82, 2.24) is 0 Å². The third-order valence-corrected chi connectivity index (χ3v) is 1.68. The van der Waals surface area contributed by atoms with Crippen LogP contribution in [0.3, 0.4) is 0 Å². The second kappa shape index (κ2) is 7.35. The zero-order valence-electron chi connectivity index (χ0n) is 7.82. The van der Waals surface area contributed by atoms with E-state index in [4.69, 9.17) is 0 Å². The summed E-state index contributed by atoms with van der Waals surface area (Å²) in [4.78, 5) is 0. The molecule has 13 heavy (non-hydrogen) atoms. The van der Waals surface area contributed by atoms with Gasteiger partial charge in [0, 0.05) is 0 Å². The molecule has 0 atom stereocenters. The molecule has 0 amide bonds. The zero-order chi connectivity index (χ0) is 9.19. The van der Waals surface area contributed by atoms with Gasteiger partial charge < -0.3 is 0 Å². The standard InChI is InChI=1S/C13H15/c1-2-4-6-8-10-12-13-11-9-7-5-3-1/h1-8,11H,9-10,12H2/b3-1-,4-2+,7-5+,8-6-,13-11?. The average Bonchev–Trinajstić information content (AvgIpc) is 2.18. The molecule has 0 nitrogen and oxygen atoms in total. The van der Waals surface area contributed by atoms with Gasteiger partial charge in [0.2, 0.25) is 0 Å². The molecule has 0 aromatic heterocycles. The van der Waals surface area contributed by atoms with Crippen LogP contribution in [0, 0.1) is 6.08 Å². The lowest BCUT2D eigenvalue weighted by molar-refractivity contribution is 1.02. The van der Waals surface area contributed by atoms with Crippen LogP contribution in [0.2, 0.25) is 0 Å². The maximum Gasteiger partial charge on any atom is -0.0160 e. The molecule has 0 aliphatic heterocycles. The summed E-state index contributed by atoms with van der Waals surface area (Å²) in [5, 5.41) is 0. The molecule has 0 N–H and O–H groups in total. The van der Waals surface area contributed by atoms with Crippen LogP contribution < -0.4 is 0 Å². The number of allylic oxidation sites excluding steroid dienone is 10. The van der Waals surface area contributed by atoms with E-state index in [0.717, 1.165) is 19.3 Å². The summed E-state index contributed by atoms with van der Waals surface area (Å²) >= 11 is 0. The van der Waals surface area contributed by atoms with Crippen LogP contribution in [0.15, 0.2) is 54.7 Å². The Balaban J connectivity index is 2.50. The first-order chi connectivity index (χ1) is 6.50. The highest BCUT2D eigenvalue weighted by molar-refractivity contribution is 5.16. The van der Waals surface area contributed by atoms with E-state index in [1.54, 1.807) is 0 Å². The van der Waals surface area contributed by atoms with Gasteiger partial charge in [-0.05, 0) is 25.3 Å². The molecule has 0 aromatic rings. The van der Waals surface area contributed by atoms with Crippen LogP contribution in [0.5, 0.6) is 0 Å². The summed E-state index contributed by atoms with van der Waals surface area (Å²) in [7, 11) is 0. The van der Waals surface area contributed by atoms with Gasteiger partial charge in [0.1, 0.15) is 0 Å². The molecule has 0 saturated carbocycles. The quantitative estimate of drug-likeness (QED) is 0.520. The minimum atomic E-state index is 0.984. The van der Waals surface area contributed by atoms with Gasteiger partial charge in [-0.2, -0.15) is 0 Å². The van der Waals surface area contributed by atoms with Crippen molar-refractivity contribution in [2.75, 3.05) is 0 Å². The third kappa shape index (κ3) is 5.92. The van der Waals surface area contributed by atoms with Crippen molar-refractivity contribution < 1.29 is 0 Å². The summed E-state index contributed by atoms with van der Waals surface area (Å²) in [5.74, 6) is 0. The van der Waals surface area contributed by atoms with Gasteiger partial charge in [-0.15, -0.1) is 0 Å². The first-order valence-corrected chi connectivity index (χ1v) is 4.70. The zero-order valence-corrected chi connectivity index (χ0v) is 7.82. The monoisotopic (exact) mass is 171 g/mol. The van der Waals surface area contributed by atoms with Gasteiger partial charge in [-0.1, -0.05) is 54.7 Å². The number of rotatable bonds is 0. The second-order valence-corrected chi connectivity index (χ2v) is 2.81. The molecule has 0 heteroatoms. The van der Waals surface area contributed by atoms with Crippen LogP contribution in [-0.4, -0.2) is 0 Å². The van der Waals surface area contributed by atoms with E-state index in [1.165, 1.54) is 0 Å². The molecular formula is C13H15. The highest BCUT2D eigenvalue weighted by Gasteiger charge is 1.76. The van der Waals surface area contributed by atoms with Crippen LogP contribution in [0.4, 0.5) is 0 Å². The fourth-order valence-electron chi connectivity index (χ4n) is 1.01. The Morgan fingerprint density at radius 1 is 0.769 bits per heavy atom. The van der Waals surface area contributed by atoms with Gasteiger partial charge in [-0.25, -0.2) is 0 Å². The Morgan fingerprint density at radius 3 is 2.31 bits per heavy atom. The molecule has 67 valence electrons. The van der Waals surface area contributed by atoms with Gasteiger partial charge >= 0.3 is 0 Å².